The van der Waals surface area contributed by atoms with Gasteiger partial charge >= 0.3 is 12.0 Å². The highest BCUT2D eigenvalue weighted by atomic mass is 32.1. The fourth-order valence-corrected chi connectivity index (χ4v) is 4.16. The zero-order chi connectivity index (χ0) is 22.9. The lowest BCUT2D eigenvalue weighted by molar-refractivity contribution is -0.133. The molecule has 164 valence electrons. The summed E-state index contributed by atoms with van der Waals surface area (Å²) in [4.78, 5) is 54.9. The third-order valence-corrected chi connectivity index (χ3v) is 6.02. The van der Waals surface area contributed by atoms with E-state index >= 15 is 0 Å². The van der Waals surface area contributed by atoms with Crippen molar-refractivity contribution in [3.63, 3.8) is 0 Å². The maximum Gasteiger partial charge on any atom is 0.350 e. The second-order valence-corrected chi connectivity index (χ2v) is 8.10. The lowest BCUT2D eigenvalue weighted by atomic mass is 9.90. The van der Waals surface area contributed by atoms with E-state index in [9.17, 15) is 19.2 Å². The van der Waals surface area contributed by atoms with Gasteiger partial charge in [-0.05, 0) is 44.0 Å². The Hall–Kier alpha value is -3.47. The minimum absolute atomic E-state index is 0.170. The van der Waals surface area contributed by atoms with Crippen LogP contribution in [-0.4, -0.2) is 54.5 Å². The molecular formula is C20H22N4O6S. The summed E-state index contributed by atoms with van der Waals surface area (Å²) in [7, 11) is 2.79. The van der Waals surface area contributed by atoms with Crippen molar-refractivity contribution in [2.45, 2.75) is 26.3 Å². The van der Waals surface area contributed by atoms with Crippen molar-refractivity contribution >= 4 is 40.3 Å². The number of nitrogens with zero attached hydrogens (tertiary/aromatic N) is 2. The highest BCUT2D eigenvalue weighted by molar-refractivity contribution is 7.17. The number of imide groups is 1. The molecule has 0 radical (unpaired) electrons. The number of anilines is 1. The summed E-state index contributed by atoms with van der Waals surface area (Å²) in [6, 6.07) is 4.49. The Kier molecular flexibility index (Phi) is 5.98. The minimum Gasteiger partial charge on any atom is -0.496 e. The Morgan fingerprint density at radius 1 is 1.26 bits per heavy atom. The van der Waals surface area contributed by atoms with Gasteiger partial charge in [-0.15, -0.1) is 0 Å². The molecule has 11 heteroatoms. The number of benzene rings is 1. The fraction of sp³-hybridized carbons (Fsp3) is 0.350. The van der Waals surface area contributed by atoms with Gasteiger partial charge in [0.1, 0.15) is 22.7 Å². The first-order chi connectivity index (χ1) is 14.6. The van der Waals surface area contributed by atoms with Crippen LogP contribution in [0.1, 0.15) is 33.4 Å². The molecular weight excluding hydrogens is 424 g/mol. The van der Waals surface area contributed by atoms with Crippen molar-refractivity contribution < 1.29 is 28.7 Å². The van der Waals surface area contributed by atoms with Crippen LogP contribution in [-0.2, 0) is 19.9 Å². The topological polar surface area (TPSA) is 127 Å². The van der Waals surface area contributed by atoms with E-state index < -0.39 is 35.9 Å². The molecule has 10 nitrogen and oxygen atoms in total. The SMILES string of the molecule is COC(=O)c1sc(NC(=O)CN2C(=O)NC(C)(c3ccc(OC)c(C)c3)C2=O)nc1C. The Morgan fingerprint density at radius 2 is 1.97 bits per heavy atom. The Labute approximate surface area is 182 Å². The Balaban J connectivity index is 1.75. The largest absolute Gasteiger partial charge is 0.496 e. The van der Waals surface area contributed by atoms with Crippen LogP contribution in [0, 0.1) is 13.8 Å². The molecule has 2 aromatic rings. The number of ether oxygens (including phenoxy) is 2. The van der Waals surface area contributed by atoms with E-state index in [1.165, 1.54) is 7.11 Å². The summed E-state index contributed by atoms with van der Waals surface area (Å²) in [5.74, 6) is -1.08. The lowest BCUT2D eigenvalue weighted by Crippen LogP contribution is -2.42. The first-order valence-corrected chi connectivity index (χ1v) is 10.1. The zero-order valence-corrected chi connectivity index (χ0v) is 18.5. The third kappa shape index (κ3) is 4.08. The van der Waals surface area contributed by atoms with Crippen LogP contribution in [0.15, 0.2) is 18.2 Å². The Morgan fingerprint density at radius 3 is 2.58 bits per heavy atom. The third-order valence-electron chi connectivity index (χ3n) is 4.96. The molecule has 1 aromatic carbocycles. The number of aromatic nitrogens is 1. The molecule has 1 aliphatic heterocycles. The van der Waals surface area contributed by atoms with Crippen LogP contribution in [0.5, 0.6) is 5.75 Å². The predicted octanol–water partition coefficient (Wildman–Crippen LogP) is 1.96. The first-order valence-electron chi connectivity index (χ1n) is 9.25. The highest BCUT2D eigenvalue weighted by Crippen LogP contribution is 2.32. The maximum atomic E-state index is 13.0. The van der Waals surface area contributed by atoms with Gasteiger partial charge in [-0.25, -0.2) is 14.6 Å². The van der Waals surface area contributed by atoms with Crippen molar-refractivity contribution in [1.29, 1.82) is 0 Å². The van der Waals surface area contributed by atoms with Crippen LogP contribution in [0.4, 0.5) is 9.93 Å². The number of carbonyl (C=O) groups excluding carboxylic acids is 4. The molecule has 4 amide bonds. The maximum absolute atomic E-state index is 13.0. The number of carbonyl (C=O) groups is 4. The second kappa shape index (κ2) is 8.34. The van der Waals surface area contributed by atoms with E-state index in [-0.39, 0.29) is 10.0 Å². The van der Waals surface area contributed by atoms with Gasteiger partial charge in [0.25, 0.3) is 5.91 Å². The fourth-order valence-electron chi connectivity index (χ4n) is 3.26. The normalized spacial score (nSPS) is 18.0. The van der Waals surface area contributed by atoms with E-state index in [4.69, 9.17) is 4.74 Å². The summed E-state index contributed by atoms with van der Waals surface area (Å²) in [6.45, 7) is 4.52. The molecule has 0 saturated carbocycles. The monoisotopic (exact) mass is 446 g/mol. The molecule has 2 heterocycles. The number of thiazole rings is 1. The van der Waals surface area contributed by atoms with Crippen LogP contribution in [0.3, 0.4) is 0 Å². The van der Waals surface area contributed by atoms with Crippen molar-refractivity contribution in [2.75, 3.05) is 26.1 Å². The molecule has 31 heavy (non-hydrogen) atoms. The van der Waals surface area contributed by atoms with Gasteiger partial charge in [-0.1, -0.05) is 17.4 Å². The number of amides is 4. The van der Waals surface area contributed by atoms with E-state index in [0.717, 1.165) is 21.8 Å². The summed E-state index contributed by atoms with van der Waals surface area (Å²) in [5.41, 5.74) is 0.472. The van der Waals surface area contributed by atoms with Gasteiger partial charge < -0.3 is 20.1 Å². The smallest absolute Gasteiger partial charge is 0.350 e. The van der Waals surface area contributed by atoms with Gasteiger partial charge in [-0.3, -0.25) is 14.5 Å². The molecule has 1 saturated heterocycles. The van der Waals surface area contributed by atoms with Gasteiger partial charge in [0.15, 0.2) is 5.13 Å². The average Bonchev–Trinajstić information content (AvgIpc) is 3.19. The molecule has 0 spiro atoms. The Bertz CT molecular complexity index is 1080. The molecule has 0 bridgehead atoms. The summed E-state index contributed by atoms with van der Waals surface area (Å²) in [6.07, 6.45) is 0. The van der Waals surface area contributed by atoms with Crippen LogP contribution in [0.25, 0.3) is 0 Å². The molecule has 1 fully saturated rings. The average molecular weight is 446 g/mol. The number of hydrogen-bond acceptors (Lipinski definition) is 8. The number of nitrogens with one attached hydrogen (secondary N) is 2. The van der Waals surface area contributed by atoms with E-state index in [1.807, 2.05) is 6.92 Å². The van der Waals surface area contributed by atoms with E-state index in [2.05, 4.69) is 20.4 Å². The van der Waals surface area contributed by atoms with Gasteiger partial charge in [-0.2, -0.15) is 0 Å². The van der Waals surface area contributed by atoms with Gasteiger partial charge in [0, 0.05) is 0 Å². The molecule has 1 aliphatic rings. The highest BCUT2D eigenvalue weighted by Gasteiger charge is 2.49. The first kappa shape index (κ1) is 22.2. The number of hydrogen-bond donors (Lipinski definition) is 2. The van der Waals surface area contributed by atoms with E-state index in [1.54, 1.807) is 39.2 Å². The molecule has 1 atom stereocenters. The minimum atomic E-state index is -1.32. The number of urea groups is 1. The van der Waals surface area contributed by atoms with Gasteiger partial charge in [0.2, 0.25) is 5.91 Å². The zero-order valence-electron chi connectivity index (χ0n) is 17.7. The summed E-state index contributed by atoms with van der Waals surface area (Å²) >= 11 is 0.948. The predicted molar refractivity (Wildman–Crippen MR) is 112 cm³/mol. The number of methoxy groups -OCH3 is 2. The molecule has 3 rings (SSSR count). The van der Waals surface area contributed by atoms with Crippen molar-refractivity contribution in [2.24, 2.45) is 0 Å². The quantitative estimate of drug-likeness (QED) is 0.513. The molecule has 2 N–H and O–H groups in total. The van der Waals surface area contributed by atoms with E-state index in [0.29, 0.717) is 17.0 Å². The standard InChI is InChI=1S/C20H22N4O6S/c1-10-8-12(6-7-13(10)29-4)20(3)17(27)24(19(28)23-20)9-14(25)22-18-21-11(2)15(31-18)16(26)30-5/h6-8H,9H2,1-5H3,(H,23,28)(H,21,22,25). The number of aryl methyl sites for hydroxylation is 2. The summed E-state index contributed by atoms with van der Waals surface area (Å²) in [5, 5.41) is 5.34. The lowest BCUT2D eigenvalue weighted by Gasteiger charge is -2.23. The molecule has 1 unspecified atom stereocenters. The van der Waals surface area contributed by atoms with Crippen molar-refractivity contribution in [1.82, 2.24) is 15.2 Å². The molecule has 1 aromatic heterocycles. The van der Waals surface area contributed by atoms with Crippen molar-refractivity contribution in [3.8, 4) is 5.75 Å². The van der Waals surface area contributed by atoms with Crippen LogP contribution >= 0.6 is 11.3 Å². The molecule has 0 aliphatic carbocycles. The van der Waals surface area contributed by atoms with Crippen LogP contribution < -0.4 is 15.4 Å². The van der Waals surface area contributed by atoms with Gasteiger partial charge in [0.05, 0.1) is 19.9 Å². The number of esters is 1. The van der Waals surface area contributed by atoms with Crippen molar-refractivity contribution in [3.05, 3.63) is 39.9 Å². The summed E-state index contributed by atoms with van der Waals surface area (Å²) < 4.78 is 9.90. The van der Waals surface area contributed by atoms with Crippen LogP contribution in [0.2, 0.25) is 0 Å². The second-order valence-electron chi connectivity index (χ2n) is 7.10. The number of rotatable bonds is 6.